The van der Waals surface area contributed by atoms with Crippen molar-refractivity contribution in [1.82, 2.24) is 10.2 Å². The summed E-state index contributed by atoms with van der Waals surface area (Å²) in [6.45, 7) is 0.397. The fourth-order valence-corrected chi connectivity index (χ4v) is 4.60. The number of carbonyl (C=O) groups excluding carboxylic acids is 2. The topological polar surface area (TPSA) is 122 Å². The molecule has 0 spiro atoms. The van der Waals surface area contributed by atoms with Crippen LogP contribution in [0, 0.1) is 0 Å². The van der Waals surface area contributed by atoms with E-state index in [1.165, 1.54) is 12.1 Å². The Morgan fingerprint density at radius 1 is 1.06 bits per heavy atom. The molecular formula is C21H20N4O5S. The Kier molecular flexibility index (Phi) is 5.81. The molecule has 1 aliphatic rings. The van der Waals surface area contributed by atoms with Crippen molar-refractivity contribution < 1.29 is 22.4 Å². The van der Waals surface area contributed by atoms with Crippen molar-refractivity contribution in [3.8, 4) is 0 Å². The number of carbonyl (C=O) groups is 2. The first-order valence-electron chi connectivity index (χ1n) is 9.69. The molecule has 0 radical (unpaired) electrons. The lowest BCUT2D eigenvalue weighted by atomic mass is 10.1. The zero-order chi connectivity index (χ0) is 21.8. The summed E-state index contributed by atoms with van der Waals surface area (Å²) in [6, 6.07) is 17.1. The molecule has 0 unspecified atom stereocenters. The Hall–Kier alpha value is -3.53. The first-order chi connectivity index (χ1) is 14.9. The normalized spacial score (nSPS) is 16.5. The van der Waals surface area contributed by atoms with Crippen LogP contribution >= 0.6 is 0 Å². The zero-order valence-electron chi connectivity index (χ0n) is 16.5. The van der Waals surface area contributed by atoms with Crippen LogP contribution in [0.2, 0.25) is 0 Å². The van der Waals surface area contributed by atoms with Gasteiger partial charge in [0.15, 0.2) is 9.84 Å². The van der Waals surface area contributed by atoms with E-state index in [9.17, 15) is 18.0 Å². The average molecular weight is 440 g/mol. The second-order valence-corrected chi connectivity index (χ2v) is 9.23. The predicted octanol–water partition coefficient (Wildman–Crippen LogP) is 2.39. The largest absolute Gasteiger partial charge is 0.407 e. The van der Waals surface area contributed by atoms with E-state index >= 15 is 0 Å². The predicted molar refractivity (Wildman–Crippen MR) is 112 cm³/mol. The van der Waals surface area contributed by atoms with Gasteiger partial charge in [-0.2, -0.15) is 0 Å². The molecule has 1 atom stereocenters. The highest BCUT2D eigenvalue weighted by atomic mass is 32.2. The fraction of sp³-hybridized carbons (Fsp3) is 0.238. The Morgan fingerprint density at radius 3 is 2.45 bits per heavy atom. The molecule has 2 aromatic carbocycles. The standard InChI is InChI=1S/C21H20N4O5S/c26-18(11-12-31(28,29)17-9-5-2-6-10-17)22-21-24-23-20(30-21)15-13-19(27)25(14-15)16-7-3-1-4-8-16/h1-10,15H,11-14H2,(H,22,24,26)/t15-/m1/s1. The number of anilines is 2. The van der Waals surface area contributed by atoms with E-state index in [0.717, 1.165) is 5.69 Å². The van der Waals surface area contributed by atoms with Gasteiger partial charge in [0.2, 0.25) is 17.7 Å². The monoisotopic (exact) mass is 440 g/mol. The number of aromatic nitrogens is 2. The minimum atomic E-state index is -3.56. The van der Waals surface area contributed by atoms with Crippen molar-refractivity contribution in [2.45, 2.75) is 23.7 Å². The van der Waals surface area contributed by atoms with Gasteiger partial charge < -0.3 is 9.32 Å². The van der Waals surface area contributed by atoms with Crippen LogP contribution in [0.15, 0.2) is 70.0 Å². The van der Waals surface area contributed by atoms with Gasteiger partial charge in [0.05, 0.1) is 16.6 Å². The summed E-state index contributed by atoms with van der Waals surface area (Å²) in [6.07, 6.45) is -0.0293. The molecule has 3 aromatic rings. The van der Waals surface area contributed by atoms with Crippen LogP contribution in [0.1, 0.15) is 24.7 Å². The molecule has 9 nitrogen and oxygen atoms in total. The molecule has 1 fully saturated rings. The first kappa shape index (κ1) is 20.7. The Morgan fingerprint density at radius 2 is 1.74 bits per heavy atom. The van der Waals surface area contributed by atoms with Gasteiger partial charge in [-0.15, -0.1) is 5.10 Å². The van der Waals surface area contributed by atoms with Crippen LogP contribution in [-0.2, 0) is 19.4 Å². The average Bonchev–Trinajstić information content (AvgIpc) is 3.40. The van der Waals surface area contributed by atoms with E-state index < -0.39 is 15.7 Å². The highest BCUT2D eigenvalue weighted by Crippen LogP contribution is 2.31. The Balaban J connectivity index is 1.34. The third-order valence-corrected chi connectivity index (χ3v) is 6.66. The lowest BCUT2D eigenvalue weighted by Gasteiger charge is -2.15. The number of hydrogen-bond donors (Lipinski definition) is 1. The van der Waals surface area contributed by atoms with Crippen LogP contribution in [0.3, 0.4) is 0 Å². The van der Waals surface area contributed by atoms with E-state index in [4.69, 9.17) is 4.42 Å². The zero-order valence-corrected chi connectivity index (χ0v) is 17.3. The molecule has 1 N–H and O–H groups in total. The van der Waals surface area contributed by atoms with Gasteiger partial charge in [0.1, 0.15) is 0 Å². The molecule has 31 heavy (non-hydrogen) atoms. The minimum absolute atomic E-state index is 0.0499. The highest BCUT2D eigenvalue weighted by Gasteiger charge is 2.35. The summed E-state index contributed by atoms with van der Waals surface area (Å²) in [4.78, 5) is 26.3. The quantitative estimate of drug-likeness (QED) is 0.598. The molecule has 1 aliphatic heterocycles. The van der Waals surface area contributed by atoms with E-state index in [2.05, 4.69) is 15.5 Å². The lowest BCUT2D eigenvalue weighted by Crippen LogP contribution is -2.24. The summed E-state index contributed by atoms with van der Waals surface area (Å²) < 4.78 is 30.1. The number of nitrogens with zero attached hydrogens (tertiary/aromatic N) is 3. The first-order valence-corrected chi connectivity index (χ1v) is 11.3. The lowest BCUT2D eigenvalue weighted by molar-refractivity contribution is -0.117. The number of amides is 2. The molecule has 1 saturated heterocycles. The number of hydrogen-bond acceptors (Lipinski definition) is 7. The summed E-state index contributed by atoms with van der Waals surface area (Å²) in [5.41, 5.74) is 0.794. The smallest absolute Gasteiger partial charge is 0.322 e. The number of benzene rings is 2. The molecular weight excluding hydrogens is 420 g/mol. The van der Waals surface area contributed by atoms with E-state index in [1.54, 1.807) is 23.1 Å². The van der Waals surface area contributed by atoms with E-state index in [1.807, 2.05) is 30.3 Å². The third kappa shape index (κ3) is 4.80. The minimum Gasteiger partial charge on any atom is -0.407 e. The third-order valence-electron chi connectivity index (χ3n) is 4.93. The van der Waals surface area contributed by atoms with Crippen LogP contribution in [-0.4, -0.2) is 42.7 Å². The van der Waals surface area contributed by atoms with Gasteiger partial charge in [-0.1, -0.05) is 41.5 Å². The van der Waals surface area contributed by atoms with Gasteiger partial charge in [-0.25, -0.2) is 8.42 Å². The highest BCUT2D eigenvalue weighted by molar-refractivity contribution is 7.91. The molecule has 0 aliphatic carbocycles. The summed E-state index contributed by atoms with van der Waals surface area (Å²) in [5.74, 6) is -0.981. The van der Waals surface area contributed by atoms with Gasteiger partial charge in [0, 0.05) is 25.1 Å². The number of nitrogens with one attached hydrogen (secondary N) is 1. The summed E-state index contributed by atoms with van der Waals surface area (Å²) in [5, 5.41) is 10.2. The van der Waals surface area contributed by atoms with Crippen molar-refractivity contribution in [2.24, 2.45) is 0 Å². The van der Waals surface area contributed by atoms with Gasteiger partial charge in [-0.05, 0) is 24.3 Å². The van der Waals surface area contributed by atoms with Crippen LogP contribution in [0.5, 0.6) is 0 Å². The maximum absolute atomic E-state index is 12.3. The van der Waals surface area contributed by atoms with Crippen molar-refractivity contribution in [2.75, 3.05) is 22.5 Å². The van der Waals surface area contributed by atoms with Crippen LogP contribution in [0.25, 0.3) is 0 Å². The number of para-hydroxylation sites is 1. The van der Waals surface area contributed by atoms with Crippen LogP contribution < -0.4 is 10.2 Å². The van der Waals surface area contributed by atoms with Gasteiger partial charge in [-0.3, -0.25) is 14.9 Å². The van der Waals surface area contributed by atoms with Gasteiger partial charge in [0.25, 0.3) is 0 Å². The van der Waals surface area contributed by atoms with Gasteiger partial charge >= 0.3 is 6.01 Å². The molecule has 0 saturated carbocycles. The Bertz CT molecular complexity index is 1180. The fourth-order valence-electron chi connectivity index (χ4n) is 3.34. The second-order valence-electron chi connectivity index (χ2n) is 7.12. The van der Waals surface area contributed by atoms with Crippen molar-refractivity contribution >= 4 is 33.4 Å². The van der Waals surface area contributed by atoms with Crippen molar-refractivity contribution in [3.63, 3.8) is 0 Å². The summed E-state index contributed by atoms with van der Waals surface area (Å²) >= 11 is 0. The van der Waals surface area contributed by atoms with Crippen molar-refractivity contribution in [3.05, 3.63) is 66.6 Å². The van der Waals surface area contributed by atoms with Crippen LogP contribution in [0.4, 0.5) is 11.7 Å². The van der Waals surface area contributed by atoms with E-state index in [-0.39, 0.29) is 47.2 Å². The second kappa shape index (κ2) is 8.68. The number of rotatable bonds is 7. The maximum Gasteiger partial charge on any atom is 0.322 e. The maximum atomic E-state index is 12.3. The molecule has 160 valence electrons. The molecule has 1 aromatic heterocycles. The summed E-state index contributed by atoms with van der Waals surface area (Å²) in [7, 11) is -3.56. The number of sulfone groups is 1. The Labute approximate surface area is 179 Å². The molecule has 2 heterocycles. The van der Waals surface area contributed by atoms with E-state index in [0.29, 0.717) is 6.54 Å². The SMILES string of the molecule is O=C(CCS(=O)(=O)c1ccccc1)Nc1nnc([C@@H]2CC(=O)N(c3ccccc3)C2)o1. The van der Waals surface area contributed by atoms with Crippen molar-refractivity contribution in [1.29, 1.82) is 0 Å². The molecule has 0 bridgehead atoms. The molecule has 4 rings (SSSR count). The molecule has 2 amide bonds. The molecule has 10 heteroatoms.